The molecule has 1 aromatic rings. The van der Waals surface area contributed by atoms with Crippen molar-refractivity contribution in [3.8, 4) is 23.7 Å². The van der Waals surface area contributed by atoms with Crippen LogP contribution in [0.2, 0.25) is 0 Å². The average Bonchev–Trinajstić information content (AvgIpc) is 3.25. The summed E-state index contributed by atoms with van der Waals surface area (Å²) < 4.78 is 10.8. The van der Waals surface area contributed by atoms with E-state index < -0.39 is 80.7 Å². The molecule has 0 bridgehead atoms. The summed E-state index contributed by atoms with van der Waals surface area (Å²) in [6.07, 6.45) is -11.1. The molecule has 10 atom stereocenters. The average molecular weight is 470 g/mol. The van der Waals surface area contributed by atoms with Gasteiger partial charge in [0.1, 0.15) is 42.7 Å². The topological polar surface area (TPSA) is 180 Å². The maximum Gasteiger partial charge on any atom is 0.147 e. The maximum atomic E-state index is 10.2. The zero-order valence-electron chi connectivity index (χ0n) is 16.9. The molecule has 8 N–H and O–H groups in total. The summed E-state index contributed by atoms with van der Waals surface area (Å²) in [7, 11) is 0. The third kappa shape index (κ3) is 5.31. The van der Waals surface area contributed by atoms with Crippen LogP contribution in [0.5, 0.6) is 0 Å². The van der Waals surface area contributed by atoms with E-state index in [4.69, 9.17) is 9.47 Å². The molecule has 1 aromatic heterocycles. The number of thiophene rings is 1. The highest BCUT2D eigenvalue weighted by molar-refractivity contribution is 7.13. The predicted octanol–water partition coefficient (Wildman–Crippen LogP) is -3.62. The second kappa shape index (κ2) is 11.0. The van der Waals surface area contributed by atoms with Crippen LogP contribution in [0.4, 0.5) is 0 Å². The lowest BCUT2D eigenvalue weighted by Gasteiger charge is -2.39. The van der Waals surface area contributed by atoms with E-state index in [1.165, 1.54) is 11.3 Å². The van der Waals surface area contributed by atoms with Crippen LogP contribution < -0.4 is 0 Å². The number of ether oxygens (including phenoxy) is 2. The molecule has 0 aliphatic carbocycles. The van der Waals surface area contributed by atoms with E-state index in [1.807, 2.05) is 0 Å². The van der Waals surface area contributed by atoms with Crippen LogP contribution >= 0.6 is 11.3 Å². The summed E-state index contributed by atoms with van der Waals surface area (Å²) in [5.74, 6) is 10.2. The van der Waals surface area contributed by atoms with Crippen molar-refractivity contribution in [3.63, 3.8) is 0 Å². The largest absolute Gasteiger partial charge is 0.396 e. The Morgan fingerprint density at radius 3 is 1.66 bits per heavy atom. The van der Waals surface area contributed by atoms with Gasteiger partial charge < -0.3 is 50.3 Å². The van der Waals surface area contributed by atoms with Gasteiger partial charge in [-0.1, -0.05) is 23.7 Å². The van der Waals surface area contributed by atoms with Crippen LogP contribution in [0.25, 0.3) is 0 Å². The monoisotopic (exact) mass is 470 g/mol. The zero-order chi connectivity index (χ0) is 23.4. The standard InChI is InChI=1S/C21H26O10S/c22-7-12-15(8-23)30-13(18(26)17(12)25)5-3-10-1-2-11(32-10)4-6-14-19(27)21(29)20(28)16(9-24)31-14/h1-2,12-29H,7-9H2/t12-,13-,14-,15-,16-,17+,18-,19-,20-,21-/m1/s1. The predicted molar refractivity (Wildman–Crippen MR) is 110 cm³/mol. The SMILES string of the molecule is OC[C@H]1[C@H](O)[C@H](O)[C@@H](C#Cc2ccc(C#C[C@H]3O[C@H](CO)[C@@H](O)[C@H](O)[C@@H]3O)s2)O[C@@H]1CO. The number of aliphatic hydroxyl groups is 8. The molecule has 2 aliphatic heterocycles. The fourth-order valence-electron chi connectivity index (χ4n) is 3.52. The van der Waals surface area contributed by atoms with Gasteiger partial charge in [0, 0.05) is 5.92 Å². The molecule has 0 spiro atoms. The molecule has 176 valence electrons. The zero-order valence-corrected chi connectivity index (χ0v) is 17.7. The minimum absolute atomic E-state index is 0.441. The van der Waals surface area contributed by atoms with Gasteiger partial charge in [-0.05, 0) is 12.1 Å². The molecule has 0 radical (unpaired) electrons. The van der Waals surface area contributed by atoms with Gasteiger partial charge in [0.05, 0.1) is 41.8 Å². The van der Waals surface area contributed by atoms with Crippen LogP contribution in [0.1, 0.15) is 9.75 Å². The molecule has 11 heteroatoms. The number of hydrogen-bond donors (Lipinski definition) is 8. The minimum atomic E-state index is -1.50. The molecule has 0 unspecified atom stereocenters. The van der Waals surface area contributed by atoms with Crippen LogP contribution in [0, 0.1) is 29.6 Å². The molecule has 0 amide bonds. The Balaban J connectivity index is 1.69. The highest BCUT2D eigenvalue weighted by Gasteiger charge is 2.44. The van der Waals surface area contributed by atoms with Gasteiger partial charge in [0.25, 0.3) is 0 Å². The van der Waals surface area contributed by atoms with E-state index >= 15 is 0 Å². The molecule has 32 heavy (non-hydrogen) atoms. The Kier molecular flexibility index (Phi) is 8.63. The van der Waals surface area contributed by atoms with Crippen LogP contribution in [-0.2, 0) is 9.47 Å². The first-order valence-corrected chi connectivity index (χ1v) is 10.8. The highest BCUT2D eigenvalue weighted by atomic mass is 32.1. The smallest absolute Gasteiger partial charge is 0.147 e. The van der Waals surface area contributed by atoms with Gasteiger partial charge in [-0.3, -0.25) is 0 Å². The first-order valence-electron chi connectivity index (χ1n) is 9.97. The van der Waals surface area contributed by atoms with Crippen molar-refractivity contribution in [1.29, 1.82) is 0 Å². The first kappa shape index (κ1) is 25.1. The van der Waals surface area contributed by atoms with Crippen molar-refractivity contribution in [2.24, 2.45) is 5.92 Å². The molecule has 2 aliphatic rings. The molecule has 2 saturated heterocycles. The van der Waals surface area contributed by atoms with Gasteiger partial charge in [0.15, 0.2) is 0 Å². The second-order valence-corrected chi connectivity index (χ2v) is 8.64. The van der Waals surface area contributed by atoms with Crippen LogP contribution in [-0.4, -0.2) is 116 Å². The quantitative estimate of drug-likeness (QED) is 0.206. The lowest BCUT2D eigenvalue weighted by molar-refractivity contribution is -0.214. The molecule has 2 fully saturated rings. The van der Waals surface area contributed by atoms with Gasteiger partial charge >= 0.3 is 0 Å². The van der Waals surface area contributed by atoms with Crippen molar-refractivity contribution in [3.05, 3.63) is 21.9 Å². The van der Waals surface area contributed by atoms with Crippen molar-refractivity contribution < 1.29 is 50.3 Å². The molecule has 3 heterocycles. The number of aliphatic hydroxyl groups excluding tert-OH is 8. The van der Waals surface area contributed by atoms with Gasteiger partial charge in [-0.2, -0.15) is 0 Å². The molecular weight excluding hydrogens is 444 g/mol. The van der Waals surface area contributed by atoms with E-state index in [1.54, 1.807) is 12.1 Å². The fraction of sp³-hybridized carbons (Fsp3) is 0.619. The van der Waals surface area contributed by atoms with E-state index in [2.05, 4.69) is 23.7 Å². The lowest BCUT2D eigenvalue weighted by Crippen LogP contribution is -2.58. The van der Waals surface area contributed by atoms with Crippen molar-refractivity contribution in [2.45, 2.75) is 54.9 Å². The van der Waals surface area contributed by atoms with E-state index in [0.717, 1.165) is 0 Å². The molecular formula is C21H26O10S. The molecule has 0 aromatic carbocycles. The Morgan fingerprint density at radius 1 is 0.656 bits per heavy atom. The lowest BCUT2D eigenvalue weighted by atomic mass is 9.87. The second-order valence-electron chi connectivity index (χ2n) is 7.56. The van der Waals surface area contributed by atoms with E-state index in [9.17, 15) is 40.9 Å². The molecule has 10 nitrogen and oxygen atoms in total. The Labute approximate surface area is 188 Å². The Morgan fingerprint density at radius 2 is 1.16 bits per heavy atom. The van der Waals surface area contributed by atoms with E-state index in [0.29, 0.717) is 9.75 Å². The van der Waals surface area contributed by atoms with Gasteiger partial charge in [-0.25, -0.2) is 0 Å². The third-order valence-electron chi connectivity index (χ3n) is 5.46. The van der Waals surface area contributed by atoms with Crippen LogP contribution in [0.15, 0.2) is 12.1 Å². The number of rotatable bonds is 3. The van der Waals surface area contributed by atoms with Gasteiger partial charge in [0.2, 0.25) is 0 Å². The summed E-state index contributed by atoms with van der Waals surface area (Å²) in [6, 6.07) is 3.33. The van der Waals surface area contributed by atoms with Crippen molar-refractivity contribution >= 4 is 11.3 Å². The molecule has 0 saturated carbocycles. The van der Waals surface area contributed by atoms with E-state index in [-0.39, 0.29) is 0 Å². The summed E-state index contributed by atoms with van der Waals surface area (Å²) in [4.78, 5) is 1.13. The Hall–Kier alpha value is -1.58. The first-order chi connectivity index (χ1) is 15.3. The van der Waals surface area contributed by atoms with Crippen LogP contribution in [0.3, 0.4) is 0 Å². The fourth-order valence-corrected chi connectivity index (χ4v) is 4.25. The van der Waals surface area contributed by atoms with Gasteiger partial charge in [-0.15, -0.1) is 11.3 Å². The summed E-state index contributed by atoms with van der Waals surface area (Å²) >= 11 is 1.20. The summed E-state index contributed by atoms with van der Waals surface area (Å²) in [5.41, 5.74) is 0. The molecule has 3 rings (SSSR count). The maximum absolute atomic E-state index is 10.2. The Bertz CT molecular complexity index is 878. The highest BCUT2D eigenvalue weighted by Crippen LogP contribution is 2.26. The third-order valence-corrected chi connectivity index (χ3v) is 6.38. The minimum Gasteiger partial charge on any atom is -0.396 e. The summed E-state index contributed by atoms with van der Waals surface area (Å²) in [5, 5.41) is 77.9. The summed E-state index contributed by atoms with van der Waals surface area (Å²) in [6.45, 7) is -1.43. The number of hydrogen-bond acceptors (Lipinski definition) is 11. The normalized spacial score (nSPS) is 39.5. The van der Waals surface area contributed by atoms with Crippen molar-refractivity contribution in [2.75, 3.05) is 19.8 Å². The van der Waals surface area contributed by atoms with Crippen molar-refractivity contribution in [1.82, 2.24) is 0 Å².